The summed E-state index contributed by atoms with van der Waals surface area (Å²) in [6.07, 6.45) is 0. The van der Waals surface area contributed by atoms with Gasteiger partial charge < -0.3 is 9.47 Å². The van der Waals surface area contributed by atoms with Crippen molar-refractivity contribution >= 4 is 38.9 Å². The molecule has 0 fully saturated rings. The molecule has 0 atom stereocenters. The van der Waals surface area contributed by atoms with Crippen LogP contribution in [0.2, 0.25) is 0 Å². The minimum absolute atomic E-state index is 1.07. The summed E-state index contributed by atoms with van der Waals surface area (Å²) in [6.45, 7) is 0. The molecule has 292 valence electrons. The molecule has 0 bridgehead atoms. The lowest BCUT2D eigenvalue weighted by Gasteiger charge is -2.27. The molecule has 1 aromatic heterocycles. The maximum Gasteiger partial charge on any atom is 0.0562 e. The molecule has 0 aliphatic rings. The molecule has 0 spiro atoms. The van der Waals surface area contributed by atoms with Crippen molar-refractivity contribution in [2.75, 3.05) is 4.90 Å². The lowest BCUT2D eigenvalue weighted by atomic mass is 9.93. The fraction of sp³-hybridized carbons (Fsp3) is 0. The Morgan fingerprint density at radius 1 is 0.242 bits per heavy atom. The third-order valence-electron chi connectivity index (χ3n) is 12.0. The van der Waals surface area contributed by atoms with E-state index >= 15 is 0 Å². The SMILES string of the molecule is c1ccc(-c2ccccc2-c2ccc(N(c3ccc(-c4ccccc4)c(-c4ccccc4)c3)c3ccc4c5ccccc5n(-c5ccccc5-c5ccccc5)c4c3)cc2)cc1. The molecule has 0 amide bonds. The second-order valence-corrected chi connectivity index (χ2v) is 15.7. The van der Waals surface area contributed by atoms with E-state index in [2.05, 4.69) is 264 Å². The highest BCUT2D eigenvalue weighted by atomic mass is 15.1. The van der Waals surface area contributed by atoms with Crippen LogP contribution in [0.1, 0.15) is 0 Å². The van der Waals surface area contributed by atoms with E-state index in [0.717, 1.165) is 28.3 Å². The van der Waals surface area contributed by atoms with Crippen LogP contribution in [0.5, 0.6) is 0 Å². The Hall–Kier alpha value is -8.20. The van der Waals surface area contributed by atoms with E-state index in [1.807, 2.05) is 0 Å². The maximum absolute atomic E-state index is 2.45. The number of benzene rings is 10. The average molecular weight is 791 g/mol. The molecule has 0 aliphatic heterocycles. The minimum atomic E-state index is 1.07. The lowest BCUT2D eigenvalue weighted by molar-refractivity contribution is 1.18. The van der Waals surface area contributed by atoms with E-state index in [9.17, 15) is 0 Å². The van der Waals surface area contributed by atoms with Crippen LogP contribution in [0, 0.1) is 0 Å². The van der Waals surface area contributed by atoms with Gasteiger partial charge in [0.2, 0.25) is 0 Å². The molecule has 11 rings (SSSR count). The number of anilines is 3. The van der Waals surface area contributed by atoms with Crippen molar-refractivity contribution in [1.82, 2.24) is 4.57 Å². The zero-order valence-corrected chi connectivity index (χ0v) is 34.1. The third kappa shape index (κ3) is 6.74. The highest BCUT2D eigenvalue weighted by molar-refractivity contribution is 6.11. The minimum Gasteiger partial charge on any atom is -0.310 e. The standard InChI is InChI=1S/C60H42N2/c1-5-19-43(20-6-1)51-27-13-14-28-52(51)47-33-35-48(36-34-47)61(49-37-39-53(44-21-7-2-8-22-44)57(41-49)46-25-11-4-12-26-46)50-38-40-56-55-30-16-18-32-59(55)62(60(56)42-50)58-31-17-15-29-54(58)45-23-9-3-10-24-45/h1-42H. The fourth-order valence-corrected chi connectivity index (χ4v) is 9.13. The van der Waals surface area contributed by atoms with Crippen LogP contribution in [-0.4, -0.2) is 4.57 Å². The zero-order chi connectivity index (χ0) is 41.2. The van der Waals surface area contributed by atoms with Gasteiger partial charge in [-0.05, 0) is 98.6 Å². The molecule has 10 aromatic carbocycles. The van der Waals surface area contributed by atoms with Crippen LogP contribution in [0.25, 0.3) is 83.1 Å². The van der Waals surface area contributed by atoms with E-state index in [-0.39, 0.29) is 0 Å². The molecule has 11 aromatic rings. The lowest BCUT2D eigenvalue weighted by Crippen LogP contribution is -2.10. The van der Waals surface area contributed by atoms with Crippen molar-refractivity contribution in [3.63, 3.8) is 0 Å². The predicted molar refractivity (Wildman–Crippen MR) is 263 cm³/mol. The Labute approximate surface area is 362 Å². The summed E-state index contributed by atoms with van der Waals surface area (Å²) in [5.74, 6) is 0. The van der Waals surface area contributed by atoms with Gasteiger partial charge in [0.25, 0.3) is 0 Å². The topological polar surface area (TPSA) is 8.17 Å². The molecule has 0 saturated heterocycles. The Morgan fingerprint density at radius 2 is 0.645 bits per heavy atom. The van der Waals surface area contributed by atoms with Crippen LogP contribution in [0.4, 0.5) is 17.1 Å². The fourth-order valence-electron chi connectivity index (χ4n) is 9.13. The molecule has 0 radical (unpaired) electrons. The predicted octanol–water partition coefficient (Wildman–Crippen LogP) is 16.6. The van der Waals surface area contributed by atoms with Gasteiger partial charge in [-0.2, -0.15) is 0 Å². The highest BCUT2D eigenvalue weighted by Gasteiger charge is 2.21. The highest BCUT2D eigenvalue weighted by Crippen LogP contribution is 2.44. The molecule has 0 N–H and O–H groups in total. The van der Waals surface area contributed by atoms with Crippen molar-refractivity contribution in [1.29, 1.82) is 0 Å². The van der Waals surface area contributed by atoms with Gasteiger partial charge in [0.1, 0.15) is 0 Å². The van der Waals surface area contributed by atoms with Crippen LogP contribution >= 0.6 is 0 Å². The molecule has 0 aliphatic carbocycles. The van der Waals surface area contributed by atoms with Gasteiger partial charge in [-0.15, -0.1) is 0 Å². The van der Waals surface area contributed by atoms with Crippen molar-refractivity contribution < 1.29 is 0 Å². The van der Waals surface area contributed by atoms with E-state index < -0.39 is 0 Å². The van der Waals surface area contributed by atoms with E-state index in [1.54, 1.807) is 0 Å². The summed E-state index contributed by atoms with van der Waals surface area (Å²) in [5, 5.41) is 2.44. The van der Waals surface area contributed by atoms with Crippen LogP contribution in [0.15, 0.2) is 255 Å². The Morgan fingerprint density at radius 3 is 1.26 bits per heavy atom. The van der Waals surface area contributed by atoms with Gasteiger partial charge in [-0.1, -0.05) is 206 Å². The molecule has 2 heteroatoms. The normalized spacial score (nSPS) is 11.2. The van der Waals surface area contributed by atoms with Crippen molar-refractivity contribution in [3.8, 4) is 61.3 Å². The van der Waals surface area contributed by atoms with E-state index in [1.165, 1.54) is 71.9 Å². The second-order valence-electron chi connectivity index (χ2n) is 15.7. The Kier molecular flexibility index (Phi) is 9.57. The number of aromatic nitrogens is 1. The quantitative estimate of drug-likeness (QED) is 0.141. The summed E-state index contributed by atoms with van der Waals surface area (Å²) in [5.41, 5.74) is 18.6. The first-order valence-electron chi connectivity index (χ1n) is 21.3. The summed E-state index contributed by atoms with van der Waals surface area (Å²) < 4.78 is 2.45. The summed E-state index contributed by atoms with van der Waals surface area (Å²) >= 11 is 0. The first-order valence-corrected chi connectivity index (χ1v) is 21.3. The van der Waals surface area contributed by atoms with Crippen molar-refractivity contribution in [2.24, 2.45) is 0 Å². The average Bonchev–Trinajstić information content (AvgIpc) is 3.69. The van der Waals surface area contributed by atoms with Gasteiger partial charge in [0.05, 0.1) is 16.7 Å². The molecule has 0 unspecified atom stereocenters. The third-order valence-corrected chi connectivity index (χ3v) is 12.0. The van der Waals surface area contributed by atoms with Crippen LogP contribution < -0.4 is 4.90 Å². The largest absolute Gasteiger partial charge is 0.310 e. The summed E-state index contributed by atoms with van der Waals surface area (Å²) in [7, 11) is 0. The van der Waals surface area contributed by atoms with Crippen molar-refractivity contribution in [3.05, 3.63) is 255 Å². The first kappa shape index (κ1) is 36.8. The van der Waals surface area contributed by atoms with Gasteiger partial charge >= 0.3 is 0 Å². The van der Waals surface area contributed by atoms with Gasteiger partial charge in [-0.25, -0.2) is 0 Å². The Balaban J connectivity index is 1.13. The number of fused-ring (bicyclic) bond motifs is 3. The second kappa shape index (κ2) is 16.1. The molecular formula is C60H42N2. The smallest absolute Gasteiger partial charge is 0.0562 e. The van der Waals surface area contributed by atoms with E-state index in [4.69, 9.17) is 0 Å². The number of nitrogens with zero attached hydrogens (tertiary/aromatic N) is 2. The van der Waals surface area contributed by atoms with Crippen molar-refractivity contribution in [2.45, 2.75) is 0 Å². The molecule has 62 heavy (non-hydrogen) atoms. The van der Waals surface area contributed by atoms with Gasteiger partial charge in [0, 0.05) is 33.4 Å². The molecule has 2 nitrogen and oxygen atoms in total. The van der Waals surface area contributed by atoms with Crippen LogP contribution in [0.3, 0.4) is 0 Å². The first-order chi connectivity index (χ1) is 30.8. The number of hydrogen-bond acceptors (Lipinski definition) is 1. The number of para-hydroxylation sites is 2. The summed E-state index contributed by atoms with van der Waals surface area (Å²) in [6, 6.07) is 92.1. The number of rotatable bonds is 9. The molecule has 1 heterocycles. The maximum atomic E-state index is 2.45. The summed E-state index contributed by atoms with van der Waals surface area (Å²) in [4.78, 5) is 2.42. The van der Waals surface area contributed by atoms with Gasteiger partial charge in [0.15, 0.2) is 0 Å². The van der Waals surface area contributed by atoms with E-state index in [0.29, 0.717) is 0 Å². The molecular weight excluding hydrogens is 749 g/mol. The van der Waals surface area contributed by atoms with Crippen LogP contribution in [-0.2, 0) is 0 Å². The molecule has 0 saturated carbocycles. The monoisotopic (exact) mass is 790 g/mol. The van der Waals surface area contributed by atoms with Gasteiger partial charge in [-0.3, -0.25) is 0 Å². The zero-order valence-electron chi connectivity index (χ0n) is 34.1. The Bertz CT molecular complexity index is 3310. The number of hydrogen-bond donors (Lipinski definition) is 0.